The summed E-state index contributed by atoms with van der Waals surface area (Å²) in [5.74, 6) is 0.258. The maximum absolute atomic E-state index is 13.7. The van der Waals surface area contributed by atoms with Crippen LogP contribution in [-0.4, -0.2) is 42.9 Å². The van der Waals surface area contributed by atoms with E-state index in [1.54, 1.807) is 67.6 Å². The normalized spacial score (nSPS) is 11.0. The number of carbonyl (C=O) groups is 1. The number of hydrogen-bond acceptors (Lipinski definition) is 7. The number of hydrogen-bond donors (Lipinski definition) is 3. The van der Waals surface area contributed by atoms with Crippen LogP contribution in [-0.2, 0) is 33.1 Å². The van der Waals surface area contributed by atoms with E-state index in [-0.39, 0.29) is 42.7 Å². The lowest BCUT2D eigenvalue weighted by molar-refractivity contribution is -0.142. The number of anilines is 2. The minimum Gasteiger partial charge on any atom is -0.466 e. The predicted molar refractivity (Wildman–Crippen MR) is 155 cm³/mol. The smallest absolute Gasteiger partial charge is 0.307 e. The first-order valence-corrected chi connectivity index (χ1v) is 13.5. The largest absolute Gasteiger partial charge is 0.466 e. The van der Waals surface area contributed by atoms with Crippen molar-refractivity contribution in [3.8, 4) is 0 Å². The third-order valence-electron chi connectivity index (χ3n) is 6.05. The van der Waals surface area contributed by atoms with Crippen LogP contribution < -0.4 is 15.4 Å². The summed E-state index contributed by atoms with van der Waals surface area (Å²) in [7, 11) is -2.12. The SMILES string of the molecule is CCOC(=O)CCN(c1ccccc1)S(=O)(=O)c1ccc2c(c1)nc(CNc1ccc(C(=N)N)cc1)n2C.Cl. The molecule has 12 heteroatoms. The highest BCUT2D eigenvalue weighted by molar-refractivity contribution is 7.92. The summed E-state index contributed by atoms with van der Waals surface area (Å²) < 4.78 is 35.6. The molecule has 0 bridgehead atoms. The molecule has 0 unspecified atom stereocenters. The van der Waals surface area contributed by atoms with E-state index in [9.17, 15) is 13.2 Å². The van der Waals surface area contributed by atoms with Gasteiger partial charge in [-0.2, -0.15) is 0 Å². The van der Waals surface area contributed by atoms with E-state index < -0.39 is 16.0 Å². The Morgan fingerprint density at radius 2 is 1.79 bits per heavy atom. The van der Waals surface area contributed by atoms with Crippen LogP contribution in [0.4, 0.5) is 11.4 Å². The van der Waals surface area contributed by atoms with E-state index in [1.807, 2.05) is 23.7 Å². The number of amidine groups is 1. The molecule has 1 aromatic heterocycles. The van der Waals surface area contributed by atoms with Gasteiger partial charge in [0.1, 0.15) is 11.7 Å². The molecule has 4 rings (SSSR count). The van der Waals surface area contributed by atoms with Crippen LogP contribution in [0.3, 0.4) is 0 Å². The molecule has 0 atom stereocenters. The number of ether oxygens (including phenoxy) is 1. The van der Waals surface area contributed by atoms with Crippen LogP contribution in [0.1, 0.15) is 24.7 Å². The van der Waals surface area contributed by atoms with Gasteiger partial charge in [-0.15, -0.1) is 12.4 Å². The van der Waals surface area contributed by atoms with Gasteiger partial charge in [-0.1, -0.05) is 18.2 Å². The van der Waals surface area contributed by atoms with Gasteiger partial charge in [-0.25, -0.2) is 13.4 Å². The maximum atomic E-state index is 13.7. The van der Waals surface area contributed by atoms with E-state index in [0.717, 1.165) is 11.2 Å². The van der Waals surface area contributed by atoms with E-state index in [2.05, 4.69) is 10.3 Å². The van der Waals surface area contributed by atoms with Crippen molar-refractivity contribution in [1.82, 2.24) is 9.55 Å². The first kappa shape index (κ1) is 29.5. The van der Waals surface area contributed by atoms with Crippen LogP contribution in [0.15, 0.2) is 77.7 Å². The lowest BCUT2D eigenvalue weighted by Crippen LogP contribution is -2.33. The van der Waals surface area contributed by atoms with Crippen molar-refractivity contribution in [1.29, 1.82) is 5.41 Å². The van der Waals surface area contributed by atoms with Gasteiger partial charge in [-0.3, -0.25) is 14.5 Å². The highest BCUT2D eigenvalue weighted by Crippen LogP contribution is 2.27. The highest BCUT2D eigenvalue weighted by atomic mass is 35.5. The molecular weight excluding hydrogens is 540 g/mol. The minimum atomic E-state index is -3.99. The quantitative estimate of drug-likeness (QED) is 0.140. The number of nitrogens with two attached hydrogens (primary N) is 1. The van der Waals surface area contributed by atoms with Gasteiger partial charge in [0.25, 0.3) is 10.0 Å². The second kappa shape index (κ2) is 12.6. The second-order valence-electron chi connectivity index (χ2n) is 8.55. The van der Waals surface area contributed by atoms with Gasteiger partial charge in [0, 0.05) is 24.8 Å². The molecule has 10 nitrogen and oxygen atoms in total. The number of nitrogens with one attached hydrogen (secondary N) is 2. The molecule has 4 aromatic rings. The van der Waals surface area contributed by atoms with E-state index >= 15 is 0 Å². The zero-order valence-corrected chi connectivity index (χ0v) is 23.3. The van der Waals surface area contributed by atoms with E-state index in [1.165, 1.54) is 4.31 Å². The molecule has 0 amide bonds. The molecule has 3 aromatic carbocycles. The topological polar surface area (TPSA) is 143 Å². The number of sulfonamides is 1. The fourth-order valence-electron chi connectivity index (χ4n) is 4.03. The molecule has 0 aliphatic heterocycles. The number of nitrogen functional groups attached to an aromatic ring is 1. The summed E-state index contributed by atoms with van der Waals surface area (Å²) in [6.07, 6.45) is -0.0724. The summed E-state index contributed by atoms with van der Waals surface area (Å²) in [6, 6.07) is 20.7. The number of imidazole rings is 1. The fourth-order valence-corrected chi connectivity index (χ4v) is 5.52. The molecule has 39 heavy (non-hydrogen) atoms. The zero-order chi connectivity index (χ0) is 27.3. The number of para-hydroxylation sites is 1. The van der Waals surface area contributed by atoms with Gasteiger partial charge in [0.15, 0.2) is 0 Å². The lowest BCUT2D eigenvalue weighted by atomic mass is 10.2. The number of rotatable bonds is 11. The Kier molecular flexibility index (Phi) is 9.55. The molecule has 0 saturated carbocycles. The molecular formula is C27H31ClN6O4S. The third-order valence-corrected chi connectivity index (χ3v) is 7.87. The molecule has 0 saturated heterocycles. The summed E-state index contributed by atoms with van der Waals surface area (Å²) >= 11 is 0. The van der Waals surface area contributed by atoms with Crippen LogP contribution in [0.5, 0.6) is 0 Å². The second-order valence-corrected chi connectivity index (χ2v) is 10.4. The molecule has 206 valence electrons. The van der Waals surface area contributed by atoms with Crippen LogP contribution in [0.25, 0.3) is 11.0 Å². The van der Waals surface area contributed by atoms with Crippen LogP contribution >= 0.6 is 12.4 Å². The Labute approximate surface area is 233 Å². The van der Waals surface area contributed by atoms with Gasteiger partial charge in [-0.05, 0) is 61.5 Å². The fraction of sp³-hybridized carbons (Fsp3) is 0.222. The van der Waals surface area contributed by atoms with Crippen molar-refractivity contribution in [3.05, 3.63) is 84.2 Å². The molecule has 0 radical (unpaired) electrons. The molecule has 4 N–H and O–H groups in total. The number of carbonyl (C=O) groups excluding carboxylic acids is 1. The first-order valence-electron chi connectivity index (χ1n) is 12.1. The monoisotopic (exact) mass is 570 g/mol. The number of benzene rings is 3. The van der Waals surface area contributed by atoms with Gasteiger partial charge < -0.3 is 20.4 Å². The van der Waals surface area contributed by atoms with E-state index in [4.69, 9.17) is 15.9 Å². The van der Waals surface area contributed by atoms with Crippen molar-refractivity contribution in [3.63, 3.8) is 0 Å². The van der Waals surface area contributed by atoms with Gasteiger partial charge >= 0.3 is 5.97 Å². The number of esters is 1. The van der Waals surface area contributed by atoms with Crippen molar-refractivity contribution in [2.24, 2.45) is 12.8 Å². The number of aryl methyl sites for hydroxylation is 1. The van der Waals surface area contributed by atoms with Gasteiger partial charge in [0.2, 0.25) is 0 Å². The zero-order valence-electron chi connectivity index (χ0n) is 21.6. The average Bonchev–Trinajstić information content (AvgIpc) is 3.23. The summed E-state index contributed by atoms with van der Waals surface area (Å²) in [4.78, 5) is 16.7. The number of halogens is 1. The van der Waals surface area contributed by atoms with E-state index in [0.29, 0.717) is 29.1 Å². The Bertz CT molecular complexity index is 1560. The van der Waals surface area contributed by atoms with Gasteiger partial charge in [0.05, 0.1) is 41.2 Å². The summed E-state index contributed by atoms with van der Waals surface area (Å²) in [5, 5.41) is 10.8. The molecule has 0 aliphatic carbocycles. The highest BCUT2D eigenvalue weighted by Gasteiger charge is 2.26. The number of fused-ring (bicyclic) bond motifs is 1. The summed E-state index contributed by atoms with van der Waals surface area (Å²) in [5.41, 5.74) is 8.77. The minimum absolute atomic E-state index is 0. The van der Waals surface area contributed by atoms with Crippen LogP contribution in [0.2, 0.25) is 0 Å². The third kappa shape index (κ3) is 6.68. The Morgan fingerprint density at radius 3 is 2.44 bits per heavy atom. The van der Waals surface area contributed by atoms with Crippen molar-refractivity contribution in [2.75, 3.05) is 22.8 Å². The molecule has 0 aliphatic rings. The Morgan fingerprint density at radius 1 is 1.10 bits per heavy atom. The standard InChI is InChI=1S/C27H30N6O4S.ClH/c1-3-37-26(34)15-16-33(21-7-5-4-6-8-21)38(35,36)22-13-14-24-23(17-22)31-25(32(24)2)18-30-20-11-9-19(10-12-20)27(28)29;/h4-14,17,30H,3,15-16,18H2,1-2H3,(H3,28,29);1H. The predicted octanol–water partition coefficient (Wildman–Crippen LogP) is 4.04. The maximum Gasteiger partial charge on any atom is 0.307 e. The first-order chi connectivity index (χ1) is 18.2. The van der Waals surface area contributed by atoms with Crippen molar-refractivity contribution in [2.45, 2.75) is 24.8 Å². The van der Waals surface area contributed by atoms with Crippen LogP contribution in [0, 0.1) is 5.41 Å². The number of aromatic nitrogens is 2. The number of nitrogens with zero attached hydrogens (tertiary/aromatic N) is 3. The Balaban J connectivity index is 0.00000420. The lowest BCUT2D eigenvalue weighted by Gasteiger charge is -2.24. The molecule has 0 spiro atoms. The molecule has 1 heterocycles. The van der Waals surface area contributed by atoms with Crippen molar-refractivity contribution >= 4 is 56.6 Å². The summed E-state index contributed by atoms with van der Waals surface area (Å²) in [6.45, 7) is 2.29. The average molecular weight is 571 g/mol. The van der Waals surface area contributed by atoms with Crippen molar-refractivity contribution < 1.29 is 17.9 Å². The molecule has 0 fully saturated rings. The Hall–Kier alpha value is -4.09.